The highest BCUT2D eigenvalue weighted by atomic mass is 79.9. The maximum atomic E-state index is 13.0. The third-order valence-corrected chi connectivity index (χ3v) is 4.51. The third-order valence-electron chi connectivity index (χ3n) is 4.02. The van der Waals surface area contributed by atoms with Crippen molar-refractivity contribution in [3.05, 3.63) is 64.4 Å². The fourth-order valence-electron chi connectivity index (χ4n) is 2.94. The Labute approximate surface area is 153 Å². The molecule has 0 radical (unpaired) electrons. The number of benzene rings is 1. The molecule has 0 N–H and O–H groups in total. The van der Waals surface area contributed by atoms with Crippen LogP contribution in [0.5, 0.6) is 0 Å². The largest absolute Gasteiger partial charge is 0.341 e. The van der Waals surface area contributed by atoms with Crippen molar-refractivity contribution in [2.24, 2.45) is 11.8 Å². The van der Waals surface area contributed by atoms with Crippen molar-refractivity contribution in [1.29, 1.82) is 0 Å². The van der Waals surface area contributed by atoms with Gasteiger partial charge in [-0.3, -0.25) is 9.78 Å². The van der Waals surface area contributed by atoms with Crippen LogP contribution in [-0.2, 0) is 17.8 Å². The number of hydrogen-bond acceptors (Lipinski definition) is 2. The summed E-state index contributed by atoms with van der Waals surface area (Å²) in [6.07, 6.45) is 5.20. The normalized spacial score (nSPS) is 12.2. The molecule has 2 rings (SSSR count). The number of aromatic nitrogens is 1. The van der Waals surface area contributed by atoms with Crippen molar-refractivity contribution in [2.45, 2.75) is 33.2 Å². The van der Waals surface area contributed by atoms with Crippen molar-refractivity contribution >= 4 is 21.8 Å². The highest BCUT2D eigenvalue weighted by molar-refractivity contribution is 9.10. The van der Waals surface area contributed by atoms with E-state index in [0.29, 0.717) is 12.5 Å². The van der Waals surface area contributed by atoms with Crippen LogP contribution in [0.2, 0.25) is 0 Å². The first kappa shape index (κ1) is 18.7. The number of rotatable bonds is 7. The molecule has 3 nitrogen and oxygen atoms in total. The standard InChI is InChI=1S/C20H25BrN2O/c1-15(2)11-18(12-17-5-4-6-19(21)13-17)20(24)23(3)14-16-7-9-22-10-8-16/h4-10,13,15,18H,11-12,14H2,1-3H3/t18-/m1/s1. The maximum absolute atomic E-state index is 13.0. The maximum Gasteiger partial charge on any atom is 0.226 e. The van der Waals surface area contributed by atoms with Crippen LogP contribution in [0.3, 0.4) is 0 Å². The third kappa shape index (κ3) is 5.75. The molecule has 24 heavy (non-hydrogen) atoms. The fraction of sp³-hybridized carbons (Fsp3) is 0.400. The van der Waals surface area contributed by atoms with E-state index < -0.39 is 0 Å². The molecule has 1 aromatic heterocycles. The summed E-state index contributed by atoms with van der Waals surface area (Å²) >= 11 is 3.51. The molecule has 0 unspecified atom stereocenters. The zero-order valence-electron chi connectivity index (χ0n) is 14.6. The van der Waals surface area contributed by atoms with E-state index in [1.54, 1.807) is 12.4 Å². The second-order valence-corrected chi connectivity index (χ2v) is 7.63. The summed E-state index contributed by atoms with van der Waals surface area (Å²) in [5.41, 5.74) is 2.30. The lowest BCUT2D eigenvalue weighted by molar-refractivity contribution is -0.135. The fourth-order valence-corrected chi connectivity index (χ4v) is 3.39. The SMILES string of the molecule is CC(C)C[C@H](Cc1cccc(Br)c1)C(=O)N(C)Cc1ccncc1. The predicted octanol–water partition coefficient (Wildman–Crippen LogP) is 4.71. The summed E-state index contributed by atoms with van der Waals surface area (Å²) in [4.78, 5) is 18.8. The molecule has 0 bridgehead atoms. The van der Waals surface area contributed by atoms with Crippen LogP contribution in [0.4, 0.5) is 0 Å². The van der Waals surface area contributed by atoms with E-state index in [1.807, 2.05) is 36.2 Å². The van der Waals surface area contributed by atoms with Crippen LogP contribution in [0.1, 0.15) is 31.4 Å². The number of pyridine rings is 1. The van der Waals surface area contributed by atoms with Gasteiger partial charge in [0.1, 0.15) is 0 Å². The zero-order valence-corrected chi connectivity index (χ0v) is 16.2. The second-order valence-electron chi connectivity index (χ2n) is 6.71. The van der Waals surface area contributed by atoms with Gasteiger partial charge in [0, 0.05) is 36.4 Å². The summed E-state index contributed by atoms with van der Waals surface area (Å²) in [5, 5.41) is 0. The lowest BCUT2D eigenvalue weighted by Gasteiger charge is -2.25. The molecule has 1 amide bonds. The van der Waals surface area contributed by atoms with Crippen molar-refractivity contribution in [3.8, 4) is 0 Å². The van der Waals surface area contributed by atoms with Crippen LogP contribution >= 0.6 is 15.9 Å². The van der Waals surface area contributed by atoms with Crippen LogP contribution < -0.4 is 0 Å². The van der Waals surface area contributed by atoms with Gasteiger partial charge in [-0.05, 0) is 54.2 Å². The quantitative estimate of drug-likeness (QED) is 0.687. The van der Waals surface area contributed by atoms with E-state index in [4.69, 9.17) is 0 Å². The number of carbonyl (C=O) groups is 1. The number of carbonyl (C=O) groups excluding carboxylic acids is 1. The van der Waals surface area contributed by atoms with E-state index in [-0.39, 0.29) is 11.8 Å². The van der Waals surface area contributed by atoms with Gasteiger partial charge in [-0.25, -0.2) is 0 Å². The molecular formula is C20H25BrN2O. The van der Waals surface area contributed by atoms with Crippen LogP contribution in [-0.4, -0.2) is 22.8 Å². The Morgan fingerprint density at radius 2 is 1.88 bits per heavy atom. The molecule has 1 atom stereocenters. The van der Waals surface area contributed by atoms with E-state index in [0.717, 1.165) is 22.9 Å². The minimum absolute atomic E-state index is 0.00568. The van der Waals surface area contributed by atoms with Crippen LogP contribution in [0.15, 0.2) is 53.3 Å². The molecule has 0 fully saturated rings. The Kier molecular flexibility index (Phi) is 6.98. The van der Waals surface area contributed by atoms with Crippen molar-refractivity contribution in [1.82, 2.24) is 9.88 Å². The summed E-state index contributed by atoms with van der Waals surface area (Å²) < 4.78 is 1.06. The first-order chi connectivity index (χ1) is 11.5. The number of amides is 1. The molecular weight excluding hydrogens is 364 g/mol. The summed E-state index contributed by atoms with van der Waals surface area (Å²) in [6.45, 7) is 4.96. The van der Waals surface area contributed by atoms with Crippen molar-refractivity contribution in [3.63, 3.8) is 0 Å². The van der Waals surface area contributed by atoms with Gasteiger partial charge < -0.3 is 4.90 Å². The molecule has 4 heteroatoms. The molecule has 0 aliphatic carbocycles. The number of hydrogen-bond donors (Lipinski definition) is 0. The molecule has 1 heterocycles. The van der Waals surface area contributed by atoms with E-state index in [9.17, 15) is 4.79 Å². The van der Waals surface area contributed by atoms with Gasteiger partial charge in [0.2, 0.25) is 5.91 Å². The minimum Gasteiger partial charge on any atom is -0.341 e. The van der Waals surface area contributed by atoms with Crippen molar-refractivity contribution in [2.75, 3.05) is 7.05 Å². The molecule has 0 saturated carbocycles. The topological polar surface area (TPSA) is 33.2 Å². The second kappa shape index (κ2) is 8.97. The summed E-state index contributed by atoms with van der Waals surface area (Å²) in [7, 11) is 1.89. The Hall–Kier alpha value is -1.68. The first-order valence-corrected chi connectivity index (χ1v) is 9.13. The van der Waals surface area contributed by atoms with E-state index in [2.05, 4.69) is 46.9 Å². The van der Waals surface area contributed by atoms with Gasteiger partial charge >= 0.3 is 0 Å². The lowest BCUT2D eigenvalue weighted by atomic mass is 9.89. The Bertz CT molecular complexity index is 658. The van der Waals surface area contributed by atoms with Gasteiger partial charge in [0.15, 0.2) is 0 Å². The minimum atomic E-state index is 0.00568. The van der Waals surface area contributed by atoms with Gasteiger partial charge in [0.25, 0.3) is 0 Å². The van der Waals surface area contributed by atoms with E-state index >= 15 is 0 Å². The lowest BCUT2D eigenvalue weighted by Crippen LogP contribution is -2.34. The Balaban J connectivity index is 2.09. The van der Waals surface area contributed by atoms with Gasteiger partial charge in [-0.2, -0.15) is 0 Å². The molecule has 0 aliphatic rings. The van der Waals surface area contributed by atoms with E-state index in [1.165, 1.54) is 5.56 Å². The smallest absolute Gasteiger partial charge is 0.226 e. The molecule has 0 saturated heterocycles. The average molecular weight is 389 g/mol. The summed E-state index contributed by atoms with van der Waals surface area (Å²) in [6, 6.07) is 12.1. The predicted molar refractivity (Wildman–Crippen MR) is 102 cm³/mol. The zero-order chi connectivity index (χ0) is 17.5. The average Bonchev–Trinajstić information content (AvgIpc) is 2.54. The van der Waals surface area contributed by atoms with Crippen molar-refractivity contribution < 1.29 is 4.79 Å². The number of nitrogens with zero attached hydrogens (tertiary/aromatic N) is 2. The Morgan fingerprint density at radius 3 is 2.50 bits per heavy atom. The van der Waals surface area contributed by atoms with Crippen LogP contribution in [0.25, 0.3) is 0 Å². The monoisotopic (exact) mass is 388 g/mol. The Morgan fingerprint density at radius 1 is 1.17 bits per heavy atom. The molecule has 2 aromatic rings. The van der Waals surface area contributed by atoms with Gasteiger partial charge in [-0.1, -0.05) is 41.9 Å². The van der Waals surface area contributed by atoms with Gasteiger partial charge in [-0.15, -0.1) is 0 Å². The van der Waals surface area contributed by atoms with Crippen LogP contribution in [0, 0.1) is 11.8 Å². The molecule has 1 aromatic carbocycles. The molecule has 128 valence electrons. The molecule has 0 aliphatic heterocycles. The molecule has 0 spiro atoms. The number of halogens is 1. The summed E-state index contributed by atoms with van der Waals surface area (Å²) in [5.74, 6) is 0.701. The first-order valence-electron chi connectivity index (χ1n) is 8.34. The highest BCUT2D eigenvalue weighted by Crippen LogP contribution is 2.22. The van der Waals surface area contributed by atoms with Gasteiger partial charge in [0.05, 0.1) is 0 Å². The highest BCUT2D eigenvalue weighted by Gasteiger charge is 2.23.